The largest absolute Gasteiger partial charge is 0.465 e. The number of hydrogen-bond donors (Lipinski definition) is 2. The van der Waals surface area contributed by atoms with Gasteiger partial charge in [0.25, 0.3) is 0 Å². The van der Waals surface area contributed by atoms with Crippen LogP contribution in [0.3, 0.4) is 0 Å². The fourth-order valence-corrected chi connectivity index (χ4v) is 5.55. The number of amides is 2. The summed E-state index contributed by atoms with van der Waals surface area (Å²) in [7, 11) is 0. The molecule has 2 N–H and O–H groups in total. The van der Waals surface area contributed by atoms with Crippen LogP contribution in [0.5, 0.6) is 0 Å². The molecule has 2 saturated carbocycles. The summed E-state index contributed by atoms with van der Waals surface area (Å²) in [5, 5.41) is 19.1. The van der Waals surface area contributed by atoms with Crippen molar-refractivity contribution in [2.45, 2.75) is 25.7 Å². The fraction of sp³-hybridized carbons (Fsp3) is 0.700. The van der Waals surface area contributed by atoms with Crippen LogP contribution >= 0.6 is 0 Å². The topological polar surface area (TPSA) is 81.1 Å². The maximum atomic E-state index is 11.7. The lowest BCUT2D eigenvalue weighted by Crippen LogP contribution is -2.44. The zero-order valence-electron chi connectivity index (χ0n) is 15.0. The molecular formula is C20H28N2O4. The summed E-state index contributed by atoms with van der Waals surface area (Å²) in [5.41, 5.74) is 0. The molecule has 4 aliphatic carbocycles. The molecule has 2 fully saturated rings. The maximum Gasteiger partial charge on any atom is 0.407 e. The standard InChI is InChI=1S/C20H28N2O4/c23-19(24)21(11-17-9-13-1-3-15(17)7-13)5-6-22(20(25)26)12-18-10-14-2-4-16(18)8-14/h1-4,13-18H,5-12H2,(H,23,24)(H,25,26). The lowest BCUT2D eigenvalue weighted by atomic mass is 9.93. The highest BCUT2D eigenvalue weighted by Crippen LogP contribution is 2.44. The molecule has 0 aromatic heterocycles. The van der Waals surface area contributed by atoms with Gasteiger partial charge in [0, 0.05) is 26.2 Å². The summed E-state index contributed by atoms with van der Waals surface area (Å²) in [4.78, 5) is 26.2. The van der Waals surface area contributed by atoms with E-state index in [0.717, 1.165) is 25.7 Å². The highest BCUT2D eigenvalue weighted by Gasteiger charge is 2.38. The van der Waals surface area contributed by atoms with E-state index < -0.39 is 12.2 Å². The molecule has 26 heavy (non-hydrogen) atoms. The van der Waals surface area contributed by atoms with E-state index in [2.05, 4.69) is 24.3 Å². The average Bonchev–Trinajstić information content (AvgIpc) is 3.37. The number of rotatable bonds is 7. The second kappa shape index (κ2) is 6.97. The smallest absolute Gasteiger partial charge is 0.407 e. The molecule has 6 nitrogen and oxygen atoms in total. The Balaban J connectivity index is 1.31. The monoisotopic (exact) mass is 360 g/mol. The molecule has 6 heteroatoms. The van der Waals surface area contributed by atoms with E-state index in [1.807, 2.05) is 0 Å². The molecule has 0 aromatic rings. The first kappa shape index (κ1) is 17.4. The molecule has 0 saturated heterocycles. The van der Waals surface area contributed by atoms with Crippen LogP contribution in [-0.2, 0) is 0 Å². The minimum atomic E-state index is -0.940. The molecule has 6 atom stereocenters. The highest BCUT2D eigenvalue weighted by molar-refractivity contribution is 5.66. The number of hydrogen-bond acceptors (Lipinski definition) is 2. The molecule has 0 heterocycles. The third-order valence-electron chi connectivity index (χ3n) is 6.92. The van der Waals surface area contributed by atoms with Crippen LogP contribution in [0.25, 0.3) is 0 Å². The van der Waals surface area contributed by atoms with Gasteiger partial charge in [0.2, 0.25) is 0 Å². The molecule has 0 radical (unpaired) electrons. The lowest BCUT2D eigenvalue weighted by molar-refractivity contribution is 0.108. The van der Waals surface area contributed by atoms with E-state index in [1.54, 1.807) is 0 Å². The van der Waals surface area contributed by atoms with Gasteiger partial charge < -0.3 is 20.0 Å². The van der Waals surface area contributed by atoms with E-state index in [1.165, 1.54) is 9.80 Å². The van der Waals surface area contributed by atoms with Crippen molar-refractivity contribution in [3.05, 3.63) is 24.3 Å². The van der Waals surface area contributed by atoms with E-state index in [9.17, 15) is 19.8 Å². The van der Waals surface area contributed by atoms with Crippen LogP contribution in [0.4, 0.5) is 9.59 Å². The first-order chi connectivity index (χ1) is 12.5. The Morgan fingerprint density at radius 1 is 0.731 bits per heavy atom. The van der Waals surface area contributed by atoms with Crippen LogP contribution in [-0.4, -0.2) is 58.4 Å². The van der Waals surface area contributed by atoms with Gasteiger partial charge in [-0.2, -0.15) is 0 Å². The third-order valence-corrected chi connectivity index (χ3v) is 6.92. The van der Waals surface area contributed by atoms with Gasteiger partial charge in [-0.25, -0.2) is 9.59 Å². The van der Waals surface area contributed by atoms with E-state index in [0.29, 0.717) is 48.6 Å². The Morgan fingerprint density at radius 2 is 1.15 bits per heavy atom. The Bertz CT molecular complexity index is 577. The van der Waals surface area contributed by atoms with Gasteiger partial charge in [-0.15, -0.1) is 0 Å². The van der Waals surface area contributed by atoms with Gasteiger partial charge in [-0.1, -0.05) is 24.3 Å². The van der Waals surface area contributed by atoms with Gasteiger partial charge in [-0.3, -0.25) is 0 Å². The summed E-state index contributed by atoms with van der Waals surface area (Å²) < 4.78 is 0. The fourth-order valence-electron chi connectivity index (χ4n) is 5.55. The normalized spacial score (nSPS) is 36.0. The Labute approximate surface area is 154 Å². The van der Waals surface area contributed by atoms with Crippen LogP contribution in [0.2, 0.25) is 0 Å². The Hall–Kier alpha value is -1.98. The second-order valence-electron chi connectivity index (χ2n) is 8.54. The SMILES string of the molecule is O=C(O)N(CCN(CC1CC2C=CC1C2)C(=O)O)CC1CC2C=CC1C2. The molecule has 0 spiro atoms. The van der Waals surface area contributed by atoms with Gasteiger partial charge in [0.1, 0.15) is 0 Å². The first-order valence-corrected chi connectivity index (χ1v) is 9.82. The van der Waals surface area contributed by atoms with E-state index >= 15 is 0 Å². The lowest BCUT2D eigenvalue weighted by Gasteiger charge is -2.30. The predicted octanol–water partition coefficient (Wildman–Crippen LogP) is 3.37. The molecule has 142 valence electrons. The van der Waals surface area contributed by atoms with Crippen molar-refractivity contribution in [3.8, 4) is 0 Å². The highest BCUT2D eigenvalue weighted by atomic mass is 16.4. The van der Waals surface area contributed by atoms with Gasteiger partial charge in [0.15, 0.2) is 0 Å². The van der Waals surface area contributed by atoms with E-state index in [-0.39, 0.29) is 13.1 Å². The molecule has 4 bridgehead atoms. The minimum absolute atomic E-state index is 0.260. The zero-order chi connectivity index (χ0) is 18.3. The van der Waals surface area contributed by atoms with Crippen molar-refractivity contribution in [2.24, 2.45) is 35.5 Å². The average molecular weight is 360 g/mol. The van der Waals surface area contributed by atoms with Crippen molar-refractivity contribution in [3.63, 3.8) is 0 Å². The molecule has 2 amide bonds. The van der Waals surface area contributed by atoms with Crippen molar-refractivity contribution in [1.29, 1.82) is 0 Å². The van der Waals surface area contributed by atoms with E-state index in [4.69, 9.17) is 0 Å². The van der Waals surface area contributed by atoms with Crippen LogP contribution in [0.15, 0.2) is 24.3 Å². The quantitative estimate of drug-likeness (QED) is 0.682. The van der Waals surface area contributed by atoms with Crippen LogP contribution < -0.4 is 0 Å². The summed E-state index contributed by atoms with van der Waals surface area (Å²) in [6.07, 6.45) is 11.5. The van der Waals surface area contributed by atoms with Crippen LogP contribution in [0.1, 0.15) is 25.7 Å². The predicted molar refractivity (Wildman–Crippen MR) is 96.9 cm³/mol. The Morgan fingerprint density at radius 3 is 1.42 bits per heavy atom. The number of nitrogens with zero attached hydrogens (tertiary/aromatic N) is 2. The summed E-state index contributed by atoms with van der Waals surface area (Å²) in [6, 6.07) is 0. The van der Waals surface area contributed by atoms with Crippen molar-refractivity contribution in [2.75, 3.05) is 26.2 Å². The second-order valence-corrected chi connectivity index (χ2v) is 8.54. The van der Waals surface area contributed by atoms with Gasteiger partial charge in [0.05, 0.1) is 0 Å². The Kier molecular flexibility index (Phi) is 4.67. The summed E-state index contributed by atoms with van der Waals surface area (Å²) >= 11 is 0. The van der Waals surface area contributed by atoms with Crippen molar-refractivity contribution >= 4 is 12.2 Å². The molecule has 0 aliphatic heterocycles. The van der Waals surface area contributed by atoms with Crippen molar-refractivity contribution < 1.29 is 19.8 Å². The zero-order valence-corrected chi connectivity index (χ0v) is 15.0. The first-order valence-electron chi connectivity index (χ1n) is 9.82. The molecule has 6 unspecified atom stereocenters. The minimum Gasteiger partial charge on any atom is -0.465 e. The number of carbonyl (C=O) groups is 2. The summed E-state index contributed by atoms with van der Waals surface area (Å²) in [5.74, 6) is 2.99. The number of fused-ring (bicyclic) bond motifs is 4. The van der Waals surface area contributed by atoms with Crippen molar-refractivity contribution in [1.82, 2.24) is 9.80 Å². The molecule has 4 rings (SSSR count). The van der Waals surface area contributed by atoms with Gasteiger partial charge in [-0.05, 0) is 61.2 Å². The molecule has 4 aliphatic rings. The maximum absolute atomic E-state index is 11.7. The number of allylic oxidation sites excluding steroid dienone is 4. The molecule has 0 aromatic carbocycles. The summed E-state index contributed by atoms with van der Waals surface area (Å²) in [6.45, 7) is 1.56. The number of carboxylic acid groups (broad SMARTS) is 2. The van der Waals surface area contributed by atoms with Gasteiger partial charge >= 0.3 is 12.2 Å². The molecular weight excluding hydrogens is 332 g/mol. The van der Waals surface area contributed by atoms with Crippen LogP contribution in [0, 0.1) is 35.5 Å². The third kappa shape index (κ3) is 3.46.